The zero-order valence-corrected chi connectivity index (χ0v) is 21.5. The summed E-state index contributed by atoms with van der Waals surface area (Å²) < 4.78 is 40.4. The van der Waals surface area contributed by atoms with E-state index >= 15 is 0 Å². The molecule has 0 fully saturated rings. The number of nitrogens with zero attached hydrogens (tertiary/aromatic N) is 4. The van der Waals surface area contributed by atoms with Crippen LogP contribution in [0.3, 0.4) is 0 Å². The molecule has 0 unspecified atom stereocenters. The van der Waals surface area contributed by atoms with Crippen LogP contribution in [0.15, 0.2) is 27.9 Å². The maximum absolute atomic E-state index is 13.5. The number of nitrogens with one attached hydrogen (secondary N) is 1. The number of hydrogen-bond acceptors (Lipinski definition) is 9. The molecular formula is C23H33N5O7S. The topological polar surface area (TPSA) is 160 Å². The second kappa shape index (κ2) is 12.4. The highest BCUT2D eigenvalue weighted by Gasteiger charge is 2.26. The highest BCUT2D eigenvalue weighted by molar-refractivity contribution is 7.89. The Bertz CT molecular complexity index is 1340. The van der Waals surface area contributed by atoms with Gasteiger partial charge < -0.3 is 24.7 Å². The lowest BCUT2D eigenvalue weighted by molar-refractivity contribution is 0.0848. The van der Waals surface area contributed by atoms with Gasteiger partial charge in [0, 0.05) is 26.7 Å². The van der Waals surface area contributed by atoms with Gasteiger partial charge in [-0.3, -0.25) is 9.48 Å². The first kappa shape index (κ1) is 27.7. The van der Waals surface area contributed by atoms with E-state index in [1.54, 1.807) is 7.05 Å². The first-order valence-electron chi connectivity index (χ1n) is 11.7. The molecule has 0 aliphatic carbocycles. The lowest BCUT2D eigenvalue weighted by Gasteiger charge is -2.22. The molecule has 2 aromatic heterocycles. The fourth-order valence-electron chi connectivity index (χ4n) is 3.89. The normalized spacial score (nSPS) is 12.1. The molecule has 2 heterocycles. The number of aryl methyl sites for hydroxylation is 2. The Morgan fingerprint density at radius 1 is 1.17 bits per heavy atom. The molecule has 3 N–H and O–H groups in total. The molecule has 0 spiro atoms. The van der Waals surface area contributed by atoms with Crippen molar-refractivity contribution in [3.05, 3.63) is 34.2 Å². The van der Waals surface area contributed by atoms with Crippen molar-refractivity contribution >= 4 is 21.1 Å². The zero-order chi connectivity index (χ0) is 26.3. The zero-order valence-electron chi connectivity index (χ0n) is 20.7. The van der Waals surface area contributed by atoms with Gasteiger partial charge in [0.1, 0.15) is 17.1 Å². The molecular weight excluding hydrogens is 490 g/mol. The predicted octanol–water partition coefficient (Wildman–Crippen LogP) is 0.667. The van der Waals surface area contributed by atoms with Gasteiger partial charge in [0.05, 0.1) is 43.1 Å². The van der Waals surface area contributed by atoms with Gasteiger partial charge >= 0.3 is 0 Å². The molecule has 0 aliphatic heterocycles. The molecule has 0 saturated carbocycles. The van der Waals surface area contributed by atoms with E-state index in [0.29, 0.717) is 34.5 Å². The van der Waals surface area contributed by atoms with Gasteiger partial charge in [0.25, 0.3) is 5.56 Å². The second-order valence-electron chi connectivity index (χ2n) is 8.11. The Kier molecular flexibility index (Phi) is 9.56. The number of H-pyrrole nitrogens is 1. The van der Waals surface area contributed by atoms with Crippen molar-refractivity contribution in [1.82, 2.24) is 24.1 Å². The molecule has 198 valence electrons. The number of sulfonamides is 1. The predicted molar refractivity (Wildman–Crippen MR) is 133 cm³/mol. The molecule has 0 radical (unpaired) electrons. The Morgan fingerprint density at radius 2 is 1.94 bits per heavy atom. The quantitative estimate of drug-likeness (QED) is 0.258. The summed E-state index contributed by atoms with van der Waals surface area (Å²) >= 11 is 0. The van der Waals surface area contributed by atoms with Crippen LogP contribution in [0.5, 0.6) is 5.75 Å². The number of rotatable bonds is 14. The smallest absolute Gasteiger partial charge is 0.277 e. The summed E-state index contributed by atoms with van der Waals surface area (Å²) in [6, 6.07) is 4.34. The van der Waals surface area contributed by atoms with Gasteiger partial charge in [0.2, 0.25) is 10.0 Å². The van der Waals surface area contributed by atoms with Gasteiger partial charge in [-0.05, 0) is 31.0 Å². The third-order valence-electron chi connectivity index (χ3n) is 5.60. The van der Waals surface area contributed by atoms with Crippen LogP contribution in [0.2, 0.25) is 0 Å². The minimum Gasteiger partial charge on any atom is -0.496 e. The van der Waals surface area contributed by atoms with Crippen LogP contribution < -0.4 is 10.3 Å². The standard InChI is InChI=1S/C23H33N5O7S/c1-4-6-18-20-21(27(2)26-18)23(31)25-22(24-20)17-15-16(7-8-19(17)34-3)36(32,33)28(9-5-11-29)10-13-35-14-12-30/h7-8,15,29-30H,4-6,9-14H2,1-3H3,(H,24,25,31). The number of aliphatic hydroxyl groups is 2. The van der Waals surface area contributed by atoms with E-state index in [1.807, 2.05) is 6.92 Å². The Balaban J connectivity index is 2.09. The number of aromatic nitrogens is 4. The minimum atomic E-state index is -3.99. The fourth-order valence-corrected chi connectivity index (χ4v) is 5.38. The summed E-state index contributed by atoms with van der Waals surface area (Å²) in [7, 11) is -0.869. The number of benzene rings is 1. The molecule has 3 rings (SSSR count). The summed E-state index contributed by atoms with van der Waals surface area (Å²) in [6.07, 6.45) is 1.70. The molecule has 0 atom stereocenters. The van der Waals surface area contributed by atoms with E-state index in [1.165, 1.54) is 34.3 Å². The highest BCUT2D eigenvalue weighted by atomic mass is 32.2. The number of fused-ring (bicyclic) bond motifs is 1. The van der Waals surface area contributed by atoms with Crippen molar-refractivity contribution in [3.8, 4) is 17.1 Å². The average molecular weight is 524 g/mol. The van der Waals surface area contributed by atoms with Crippen molar-refractivity contribution in [3.63, 3.8) is 0 Å². The van der Waals surface area contributed by atoms with Crippen LogP contribution in [0, 0.1) is 0 Å². The van der Waals surface area contributed by atoms with Gasteiger partial charge in [-0.15, -0.1) is 0 Å². The molecule has 0 bridgehead atoms. The van der Waals surface area contributed by atoms with E-state index in [0.717, 1.165) is 6.42 Å². The van der Waals surface area contributed by atoms with E-state index < -0.39 is 15.6 Å². The largest absolute Gasteiger partial charge is 0.496 e. The van der Waals surface area contributed by atoms with Gasteiger partial charge in [-0.2, -0.15) is 9.40 Å². The van der Waals surface area contributed by atoms with Crippen LogP contribution in [0.1, 0.15) is 25.5 Å². The summed E-state index contributed by atoms with van der Waals surface area (Å²) in [5.74, 6) is 0.505. The third kappa shape index (κ3) is 5.93. The Hall–Kier alpha value is -2.84. The monoisotopic (exact) mass is 523 g/mol. The third-order valence-corrected chi connectivity index (χ3v) is 7.49. The van der Waals surface area contributed by atoms with Crippen LogP contribution in [-0.4, -0.2) is 89.3 Å². The van der Waals surface area contributed by atoms with Crippen LogP contribution in [0.25, 0.3) is 22.4 Å². The molecule has 0 aliphatic rings. The Morgan fingerprint density at radius 3 is 2.61 bits per heavy atom. The van der Waals surface area contributed by atoms with Crippen LogP contribution >= 0.6 is 0 Å². The Labute approximate surface area is 209 Å². The molecule has 0 saturated heterocycles. The maximum atomic E-state index is 13.5. The second-order valence-corrected chi connectivity index (χ2v) is 10.0. The number of aliphatic hydroxyl groups excluding tert-OH is 2. The highest BCUT2D eigenvalue weighted by Crippen LogP contribution is 2.32. The molecule has 13 heteroatoms. The molecule has 36 heavy (non-hydrogen) atoms. The van der Waals surface area contributed by atoms with Crippen molar-refractivity contribution in [2.45, 2.75) is 31.1 Å². The van der Waals surface area contributed by atoms with Crippen LogP contribution in [0.4, 0.5) is 0 Å². The minimum absolute atomic E-state index is 0.0267. The van der Waals surface area contributed by atoms with Crippen molar-refractivity contribution in [2.24, 2.45) is 7.05 Å². The SMILES string of the molecule is CCCc1nn(C)c2c(=O)[nH]c(-c3cc(S(=O)(=O)N(CCCO)CCOCCO)ccc3OC)nc12. The summed E-state index contributed by atoms with van der Waals surface area (Å²) in [6.45, 7) is 1.97. The van der Waals surface area contributed by atoms with Gasteiger partial charge in [0.15, 0.2) is 5.52 Å². The number of methoxy groups -OCH3 is 1. The average Bonchev–Trinajstić information content (AvgIpc) is 3.18. The number of hydrogen-bond donors (Lipinski definition) is 3. The lowest BCUT2D eigenvalue weighted by atomic mass is 10.1. The maximum Gasteiger partial charge on any atom is 0.277 e. The fraction of sp³-hybridized carbons (Fsp3) is 0.522. The summed E-state index contributed by atoms with van der Waals surface area (Å²) in [5.41, 5.74) is 1.39. The van der Waals surface area contributed by atoms with E-state index in [9.17, 15) is 18.3 Å². The van der Waals surface area contributed by atoms with Crippen molar-refractivity contribution < 1.29 is 28.1 Å². The summed E-state index contributed by atoms with van der Waals surface area (Å²) in [4.78, 5) is 20.3. The van der Waals surface area contributed by atoms with E-state index in [-0.39, 0.29) is 56.7 Å². The van der Waals surface area contributed by atoms with E-state index in [4.69, 9.17) is 14.6 Å². The molecule has 3 aromatic rings. The van der Waals surface area contributed by atoms with Crippen LogP contribution in [-0.2, 0) is 28.2 Å². The molecule has 0 amide bonds. The van der Waals surface area contributed by atoms with Gasteiger partial charge in [-0.1, -0.05) is 13.3 Å². The first-order valence-corrected chi connectivity index (χ1v) is 13.2. The van der Waals surface area contributed by atoms with Crippen molar-refractivity contribution in [1.29, 1.82) is 0 Å². The molecule has 1 aromatic carbocycles. The van der Waals surface area contributed by atoms with E-state index in [2.05, 4.69) is 15.1 Å². The van der Waals surface area contributed by atoms with Crippen molar-refractivity contribution in [2.75, 3.05) is 46.6 Å². The first-order chi connectivity index (χ1) is 17.3. The lowest BCUT2D eigenvalue weighted by Crippen LogP contribution is -2.35. The molecule has 12 nitrogen and oxygen atoms in total. The number of aromatic amines is 1. The number of ether oxygens (including phenoxy) is 2. The van der Waals surface area contributed by atoms with Gasteiger partial charge in [-0.25, -0.2) is 13.4 Å². The summed E-state index contributed by atoms with van der Waals surface area (Å²) in [5, 5.41) is 22.6.